The Hall–Kier alpha value is -5.63. The number of methoxy groups -OCH3 is 2. The fraction of sp³-hybridized carbons (Fsp3) is 0.107. The van der Waals surface area contributed by atoms with Crippen molar-refractivity contribution in [1.82, 2.24) is 4.98 Å². The molecule has 0 saturated carbocycles. The van der Waals surface area contributed by atoms with Crippen molar-refractivity contribution < 1.29 is 28.6 Å². The van der Waals surface area contributed by atoms with E-state index in [9.17, 15) is 19.6 Å². The number of nitriles is 1. The minimum Gasteiger partial charge on any atom is -0.466 e. The first-order valence-corrected chi connectivity index (χ1v) is 11.5. The summed E-state index contributed by atoms with van der Waals surface area (Å²) < 4.78 is 15.8. The molecule has 4 rings (SSSR count). The second-order valence-corrected chi connectivity index (χ2v) is 8.17. The number of aromatic nitrogens is 1. The molecule has 0 bridgehead atoms. The molecular formula is C28H23N5O6. The van der Waals surface area contributed by atoms with Crippen LogP contribution in [0.2, 0.25) is 0 Å². The highest BCUT2D eigenvalue weighted by Gasteiger charge is 2.42. The molecule has 3 aromatic rings. The van der Waals surface area contributed by atoms with E-state index in [1.165, 1.54) is 31.4 Å². The average Bonchev–Trinajstić information content (AvgIpc) is 2.96. The minimum atomic E-state index is -0.970. The van der Waals surface area contributed by atoms with Gasteiger partial charge < -0.3 is 25.7 Å². The van der Waals surface area contributed by atoms with Crippen LogP contribution in [-0.4, -0.2) is 37.0 Å². The van der Waals surface area contributed by atoms with Gasteiger partial charge in [0.05, 0.1) is 37.4 Å². The summed E-state index contributed by atoms with van der Waals surface area (Å²) in [6.45, 7) is 0. The number of amides is 1. The number of primary amides is 1. The molecule has 4 N–H and O–H groups in total. The fourth-order valence-corrected chi connectivity index (χ4v) is 4.19. The minimum absolute atomic E-state index is 0.0375. The van der Waals surface area contributed by atoms with Crippen LogP contribution in [0.5, 0.6) is 11.5 Å². The molecule has 0 spiro atoms. The summed E-state index contributed by atoms with van der Waals surface area (Å²) in [7, 11) is 2.35. The standard InChI is InChI=1S/C28H23N5O6/c1-37-27(35)23-22(16-6-4-3-5-7-16)20(15-29)25(30)33(24(23)28(36)38-2)17-8-10-18(11-9-17)39-19-12-13-32-21(14-19)26(31)34/h3-14,22H,30H2,1-2H3,(H2,31,34). The molecule has 39 heavy (non-hydrogen) atoms. The maximum Gasteiger partial charge on any atom is 0.355 e. The van der Waals surface area contributed by atoms with E-state index in [4.69, 9.17) is 25.7 Å². The molecule has 0 radical (unpaired) electrons. The molecule has 2 heterocycles. The predicted octanol–water partition coefficient (Wildman–Crippen LogP) is 2.87. The van der Waals surface area contributed by atoms with Gasteiger partial charge in [0.15, 0.2) is 0 Å². The Labute approximate surface area is 223 Å². The summed E-state index contributed by atoms with van der Waals surface area (Å²) in [6.07, 6.45) is 1.39. The van der Waals surface area contributed by atoms with Crippen LogP contribution in [0.1, 0.15) is 22.0 Å². The second kappa shape index (κ2) is 11.2. The van der Waals surface area contributed by atoms with Crippen molar-refractivity contribution >= 4 is 23.5 Å². The average molecular weight is 526 g/mol. The number of allylic oxidation sites excluding steroid dienone is 1. The molecule has 11 nitrogen and oxygen atoms in total. The maximum atomic E-state index is 13.1. The molecule has 2 aromatic carbocycles. The summed E-state index contributed by atoms with van der Waals surface area (Å²) in [5, 5.41) is 10.1. The molecule has 1 amide bonds. The number of ether oxygens (including phenoxy) is 3. The maximum absolute atomic E-state index is 13.1. The van der Waals surface area contributed by atoms with Gasteiger partial charge in [0, 0.05) is 18.0 Å². The normalized spacial score (nSPS) is 14.9. The van der Waals surface area contributed by atoms with Crippen molar-refractivity contribution in [2.45, 2.75) is 5.92 Å². The lowest BCUT2D eigenvalue weighted by molar-refractivity contribution is -0.139. The van der Waals surface area contributed by atoms with E-state index >= 15 is 0 Å². The van der Waals surface area contributed by atoms with Crippen molar-refractivity contribution in [2.75, 3.05) is 19.1 Å². The first-order valence-electron chi connectivity index (χ1n) is 11.5. The molecule has 1 aliphatic heterocycles. The lowest BCUT2D eigenvalue weighted by Gasteiger charge is -2.35. The zero-order valence-corrected chi connectivity index (χ0v) is 21.0. The third kappa shape index (κ3) is 5.12. The van der Waals surface area contributed by atoms with Crippen LogP contribution >= 0.6 is 0 Å². The number of nitrogens with two attached hydrogens (primary N) is 2. The molecule has 11 heteroatoms. The number of carbonyl (C=O) groups is 3. The lowest BCUT2D eigenvalue weighted by atomic mass is 9.81. The van der Waals surface area contributed by atoms with Crippen molar-refractivity contribution in [1.29, 1.82) is 5.26 Å². The number of hydrogen-bond donors (Lipinski definition) is 2. The molecule has 0 saturated heterocycles. The zero-order valence-electron chi connectivity index (χ0n) is 21.0. The highest BCUT2D eigenvalue weighted by Crippen LogP contribution is 2.43. The predicted molar refractivity (Wildman–Crippen MR) is 139 cm³/mol. The van der Waals surface area contributed by atoms with Crippen molar-refractivity contribution in [3.05, 3.63) is 107 Å². The van der Waals surface area contributed by atoms with E-state index in [-0.39, 0.29) is 28.4 Å². The van der Waals surface area contributed by atoms with E-state index < -0.39 is 23.8 Å². The van der Waals surface area contributed by atoms with Crippen molar-refractivity contribution in [3.8, 4) is 17.6 Å². The van der Waals surface area contributed by atoms with E-state index in [0.29, 0.717) is 22.7 Å². The summed E-state index contributed by atoms with van der Waals surface area (Å²) in [5.74, 6) is -2.71. The molecule has 1 aliphatic rings. The van der Waals surface area contributed by atoms with Crippen LogP contribution < -0.4 is 21.1 Å². The summed E-state index contributed by atoms with van der Waals surface area (Å²) in [4.78, 5) is 42.8. The highest BCUT2D eigenvalue weighted by molar-refractivity contribution is 6.06. The first-order chi connectivity index (χ1) is 18.8. The Balaban J connectivity index is 1.83. The van der Waals surface area contributed by atoms with Crippen LogP contribution in [0.25, 0.3) is 0 Å². The zero-order chi connectivity index (χ0) is 28.1. The van der Waals surface area contributed by atoms with Crippen LogP contribution in [0, 0.1) is 11.3 Å². The van der Waals surface area contributed by atoms with Crippen LogP contribution in [-0.2, 0) is 19.1 Å². The van der Waals surface area contributed by atoms with E-state index in [0.717, 1.165) is 0 Å². The Morgan fingerprint density at radius 1 is 0.949 bits per heavy atom. The number of pyridine rings is 1. The van der Waals surface area contributed by atoms with Gasteiger partial charge >= 0.3 is 11.9 Å². The molecule has 1 aromatic heterocycles. The number of nitrogens with zero attached hydrogens (tertiary/aromatic N) is 3. The smallest absolute Gasteiger partial charge is 0.355 e. The number of benzene rings is 2. The fourth-order valence-electron chi connectivity index (χ4n) is 4.19. The van der Waals surface area contributed by atoms with Gasteiger partial charge in [-0.15, -0.1) is 0 Å². The van der Waals surface area contributed by atoms with Gasteiger partial charge in [-0.1, -0.05) is 30.3 Å². The number of carbonyl (C=O) groups excluding carboxylic acids is 3. The van der Waals surface area contributed by atoms with E-state index in [1.807, 2.05) is 0 Å². The third-order valence-electron chi connectivity index (χ3n) is 5.92. The number of hydrogen-bond acceptors (Lipinski definition) is 10. The number of rotatable bonds is 7. The molecule has 0 fully saturated rings. The number of anilines is 1. The van der Waals surface area contributed by atoms with Gasteiger partial charge in [0.25, 0.3) is 5.91 Å². The Kier molecular flexibility index (Phi) is 7.58. The van der Waals surface area contributed by atoms with Gasteiger partial charge in [-0.25, -0.2) is 9.59 Å². The Bertz CT molecular complexity index is 1540. The molecule has 1 unspecified atom stereocenters. The third-order valence-corrected chi connectivity index (χ3v) is 5.92. The molecule has 0 aliphatic carbocycles. The van der Waals surface area contributed by atoms with Crippen LogP contribution in [0.15, 0.2) is 95.6 Å². The van der Waals surface area contributed by atoms with Gasteiger partial charge in [0.2, 0.25) is 0 Å². The Morgan fingerprint density at radius 3 is 2.21 bits per heavy atom. The van der Waals surface area contributed by atoms with Crippen molar-refractivity contribution in [2.24, 2.45) is 11.5 Å². The summed E-state index contributed by atoms with van der Waals surface area (Å²) in [6, 6.07) is 20.1. The Morgan fingerprint density at radius 2 is 1.62 bits per heavy atom. The molecular weight excluding hydrogens is 502 g/mol. The molecule has 196 valence electrons. The summed E-state index contributed by atoms with van der Waals surface area (Å²) in [5.41, 5.74) is 12.5. The first kappa shape index (κ1) is 26.4. The van der Waals surface area contributed by atoms with Gasteiger partial charge in [-0.05, 0) is 35.9 Å². The summed E-state index contributed by atoms with van der Waals surface area (Å²) >= 11 is 0. The van der Waals surface area contributed by atoms with E-state index in [2.05, 4.69) is 11.1 Å². The highest BCUT2D eigenvalue weighted by atomic mass is 16.5. The van der Waals surface area contributed by atoms with Gasteiger partial charge in [0.1, 0.15) is 28.7 Å². The monoisotopic (exact) mass is 525 g/mol. The molecule has 1 atom stereocenters. The van der Waals surface area contributed by atoms with Crippen LogP contribution in [0.3, 0.4) is 0 Å². The lowest BCUT2D eigenvalue weighted by Crippen LogP contribution is -2.40. The SMILES string of the molecule is COC(=O)C1=C(C(=O)OC)N(c2ccc(Oc3ccnc(C(N)=O)c3)cc2)C(N)=C(C#N)C1c1ccccc1. The largest absolute Gasteiger partial charge is 0.466 e. The second-order valence-electron chi connectivity index (χ2n) is 8.17. The van der Waals surface area contributed by atoms with Crippen LogP contribution in [0.4, 0.5) is 5.69 Å². The van der Waals surface area contributed by atoms with E-state index in [1.54, 1.807) is 60.7 Å². The van der Waals surface area contributed by atoms with Gasteiger partial charge in [-0.2, -0.15) is 5.26 Å². The topological polar surface area (TPSA) is 171 Å². The number of esters is 2. The van der Waals surface area contributed by atoms with Crippen molar-refractivity contribution in [3.63, 3.8) is 0 Å². The van der Waals surface area contributed by atoms with Gasteiger partial charge in [-0.3, -0.25) is 14.7 Å². The quantitative estimate of drug-likeness (QED) is 0.437.